The molecule has 0 saturated carbocycles. The van der Waals surface area contributed by atoms with Crippen LogP contribution in [0.4, 0.5) is 0 Å². The molecule has 1 aliphatic rings. The zero-order chi connectivity index (χ0) is 10.1. The van der Waals surface area contributed by atoms with Gasteiger partial charge in [0.15, 0.2) is 11.5 Å². The van der Waals surface area contributed by atoms with E-state index >= 15 is 0 Å². The molecule has 0 amide bonds. The third-order valence-electron chi connectivity index (χ3n) is 2.24. The molecule has 1 heterocycles. The van der Waals surface area contributed by atoms with Crippen LogP contribution in [0, 0.1) is 0 Å². The Hall–Kier alpha value is -0.740. The number of aliphatic hydroxyl groups is 1. The molecule has 1 aromatic rings. The van der Waals surface area contributed by atoms with Crippen LogP contribution in [-0.4, -0.2) is 11.9 Å². The summed E-state index contributed by atoms with van der Waals surface area (Å²) in [5.41, 5.74) is 0.844. The quantitative estimate of drug-likeness (QED) is 0.887. The molecular weight excluding hydrogens is 248 g/mol. The van der Waals surface area contributed by atoms with Crippen molar-refractivity contribution in [3.05, 3.63) is 22.2 Å². The molecule has 2 rings (SSSR count). The molecule has 0 aromatic heterocycles. The monoisotopic (exact) mass is 258 g/mol. The lowest BCUT2D eigenvalue weighted by Gasteiger charge is -2.11. The minimum atomic E-state index is -0.459. The molecule has 14 heavy (non-hydrogen) atoms. The van der Waals surface area contributed by atoms with Crippen molar-refractivity contribution in [3.8, 4) is 11.5 Å². The number of halogens is 1. The van der Waals surface area contributed by atoms with Crippen molar-refractivity contribution in [2.45, 2.75) is 19.4 Å². The highest BCUT2D eigenvalue weighted by Crippen LogP contribution is 2.39. The Labute approximate surface area is 90.8 Å². The molecule has 0 spiro atoms. The van der Waals surface area contributed by atoms with Crippen LogP contribution in [0.25, 0.3) is 0 Å². The zero-order valence-electron chi connectivity index (χ0n) is 7.79. The van der Waals surface area contributed by atoms with Gasteiger partial charge in [-0.1, -0.05) is 22.9 Å². The first-order chi connectivity index (χ1) is 6.72. The lowest BCUT2D eigenvalue weighted by atomic mass is 10.1. The number of benzene rings is 1. The fourth-order valence-corrected chi connectivity index (χ4v) is 1.99. The number of ether oxygens (including phenoxy) is 2. The summed E-state index contributed by atoms with van der Waals surface area (Å²) in [6.07, 6.45) is 0.219. The number of fused-ring (bicyclic) bond motifs is 1. The van der Waals surface area contributed by atoms with Crippen molar-refractivity contribution >= 4 is 15.9 Å². The fraction of sp³-hybridized carbons (Fsp3) is 0.400. The summed E-state index contributed by atoms with van der Waals surface area (Å²) in [5.74, 6) is 1.43. The Morgan fingerprint density at radius 1 is 1.43 bits per heavy atom. The highest BCUT2D eigenvalue weighted by Gasteiger charge is 2.18. The van der Waals surface area contributed by atoms with E-state index in [1.165, 1.54) is 0 Å². The Kier molecular flexibility index (Phi) is 2.65. The van der Waals surface area contributed by atoms with E-state index in [-0.39, 0.29) is 6.79 Å². The van der Waals surface area contributed by atoms with E-state index in [1.54, 1.807) is 0 Å². The van der Waals surface area contributed by atoms with Gasteiger partial charge in [-0.15, -0.1) is 0 Å². The molecule has 1 N–H and O–H groups in total. The van der Waals surface area contributed by atoms with E-state index in [0.29, 0.717) is 12.2 Å². The molecule has 1 atom stereocenters. The molecule has 76 valence electrons. The second-order valence-corrected chi connectivity index (χ2v) is 4.01. The van der Waals surface area contributed by atoms with E-state index in [0.717, 1.165) is 15.8 Å². The predicted molar refractivity (Wildman–Crippen MR) is 55.5 cm³/mol. The highest BCUT2D eigenvalue weighted by molar-refractivity contribution is 9.10. The summed E-state index contributed by atoms with van der Waals surface area (Å²) in [7, 11) is 0. The van der Waals surface area contributed by atoms with Gasteiger partial charge in [0.25, 0.3) is 0 Å². The number of hydrogen-bond donors (Lipinski definition) is 1. The first kappa shape index (κ1) is 9.80. The van der Waals surface area contributed by atoms with Gasteiger partial charge in [0.2, 0.25) is 6.79 Å². The Bertz CT molecular complexity index is 351. The van der Waals surface area contributed by atoms with Crippen LogP contribution in [0.3, 0.4) is 0 Å². The van der Waals surface area contributed by atoms with Crippen LogP contribution >= 0.6 is 15.9 Å². The Morgan fingerprint density at radius 2 is 2.07 bits per heavy atom. The van der Waals surface area contributed by atoms with Gasteiger partial charge in [-0.25, -0.2) is 0 Å². The maximum absolute atomic E-state index is 9.71. The van der Waals surface area contributed by atoms with Crippen LogP contribution in [0.5, 0.6) is 11.5 Å². The van der Waals surface area contributed by atoms with Crippen molar-refractivity contribution in [1.82, 2.24) is 0 Å². The number of aliphatic hydroxyl groups excluding tert-OH is 1. The summed E-state index contributed by atoms with van der Waals surface area (Å²) < 4.78 is 11.3. The molecule has 1 aliphatic heterocycles. The summed E-state index contributed by atoms with van der Waals surface area (Å²) in [6.45, 7) is 2.19. The van der Waals surface area contributed by atoms with E-state index in [2.05, 4.69) is 15.9 Å². The summed E-state index contributed by atoms with van der Waals surface area (Å²) >= 11 is 3.40. The molecule has 0 radical (unpaired) electrons. The van der Waals surface area contributed by atoms with Crippen LogP contribution in [-0.2, 0) is 0 Å². The minimum absolute atomic E-state index is 0.257. The predicted octanol–water partition coefficient (Wildman–Crippen LogP) is 2.62. The SMILES string of the molecule is CCC(O)c1cc2c(cc1Br)OCO2. The first-order valence-corrected chi connectivity index (χ1v) is 5.28. The van der Waals surface area contributed by atoms with Crippen LogP contribution in [0.15, 0.2) is 16.6 Å². The first-order valence-electron chi connectivity index (χ1n) is 4.49. The Morgan fingerprint density at radius 3 is 2.71 bits per heavy atom. The van der Waals surface area contributed by atoms with E-state index in [1.807, 2.05) is 19.1 Å². The van der Waals surface area contributed by atoms with Crippen LogP contribution in [0.1, 0.15) is 25.0 Å². The van der Waals surface area contributed by atoms with Crippen LogP contribution in [0.2, 0.25) is 0 Å². The number of hydrogen-bond acceptors (Lipinski definition) is 3. The average Bonchev–Trinajstić information content (AvgIpc) is 2.62. The fourth-order valence-electron chi connectivity index (χ4n) is 1.41. The third-order valence-corrected chi connectivity index (χ3v) is 2.92. The van der Waals surface area contributed by atoms with Crippen LogP contribution < -0.4 is 9.47 Å². The van der Waals surface area contributed by atoms with Crippen molar-refractivity contribution in [2.75, 3.05) is 6.79 Å². The Balaban J connectivity index is 2.42. The minimum Gasteiger partial charge on any atom is -0.454 e. The van der Waals surface area contributed by atoms with Crippen molar-refractivity contribution < 1.29 is 14.6 Å². The molecule has 0 fully saturated rings. The maximum Gasteiger partial charge on any atom is 0.231 e. The molecular formula is C10H11BrO3. The van der Waals surface area contributed by atoms with Gasteiger partial charge < -0.3 is 14.6 Å². The van der Waals surface area contributed by atoms with Gasteiger partial charge in [-0.05, 0) is 24.1 Å². The van der Waals surface area contributed by atoms with Gasteiger partial charge in [0.1, 0.15) is 0 Å². The molecule has 4 heteroatoms. The van der Waals surface area contributed by atoms with Crippen molar-refractivity contribution in [2.24, 2.45) is 0 Å². The standard InChI is InChI=1S/C10H11BrO3/c1-2-8(12)6-3-9-10(4-7(6)11)14-5-13-9/h3-4,8,12H,2,5H2,1H3. The van der Waals surface area contributed by atoms with Gasteiger partial charge in [0, 0.05) is 4.47 Å². The topological polar surface area (TPSA) is 38.7 Å². The second kappa shape index (κ2) is 3.79. The smallest absolute Gasteiger partial charge is 0.231 e. The summed E-state index contributed by atoms with van der Waals surface area (Å²) in [4.78, 5) is 0. The number of rotatable bonds is 2. The van der Waals surface area contributed by atoms with Crippen molar-refractivity contribution in [3.63, 3.8) is 0 Å². The van der Waals surface area contributed by atoms with Gasteiger partial charge in [-0.3, -0.25) is 0 Å². The molecule has 1 unspecified atom stereocenters. The van der Waals surface area contributed by atoms with Crippen molar-refractivity contribution in [1.29, 1.82) is 0 Å². The summed E-state index contributed by atoms with van der Waals surface area (Å²) in [6, 6.07) is 3.65. The van der Waals surface area contributed by atoms with Gasteiger partial charge in [-0.2, -0.15) is 0 Å². The molecule has 3 nitrogen and oxygen atoms in total. The zero-order valence-corrected chi connectivity index (χ0v) is 9.37. The van der Waals surface area contributed by atoms with E-state index < -0.39 is 6.10 Å². The largest absolute Gasteiger partial charge is 0.454 e. The highest BCUT2D eigenvalue weighted by atomic mass is 79.9. The van der Waals surface area contributed by atoms with E-state index in [4.69, 9.17) is 9.47 Å². The van der Waals surface area contributed by atoms with E-state index in [9.17, 15) is 5.11 Å². The third kappa shape index (κ3) is 1.60. The maximum atomic E-state index is 9.71. The molecule has 1 aromatic carbocycles. The average molecular weight is 259 g/mol. The van der Waals surface area contributed by atoms with Gasteiger partial charge in [0.05, 0.1) is 6.10 Å². The summed E-state index contributed by atoms with van der Waals surface area (Å²) in [5, 5.41) is 9.71. The normalized spacial score (nSPS) is 15.6. The van der Waals surface area contributed by atoms with Gasteiger partial charge >= 0.3 is 0 Å². The molecule has 0 aliphatic carbocycles. The lowest BCUT2D eigenvalue weighted by Crippen LogP contribution is -1.96. The molecule has 0 bridgehead atoms. The lowest BCUT2D eigenvalue weighted by molar-refractivity contribution is 0.169. The molecule has 0 saturated heterocycles. The second-order valence-electron chi connectivity index (χ2n) is 3.15.